The van der Waals surface area contributed by atoms with Crippen LogP contribution in [0.2, 0.25) is 0 Å². The van der Waals surface area contributed by atoms with E-state index in [0.717, 1.165) is 0 Å². The molecule has 0 aromatic rings. The third kappa shape index (κ3) is 1.98. The van der Waals surface area contributed by atoms with Gasteiger partial charge in [-0.25, -0.2) is 19.6 Å². The summed E-state index contributed by atoms with van der Waals surface area (Å²) in [6.07, 6.45) is -0.411. The van der Waals surface area contributed by atoms with E-state index < -0.39 is 17.7 Å². The summed E-state index contributed by atoms with van der Waals surface area (Å²) in [6, 6.07) is 0. The average molecular weight is 216 g/mol. The molecule has 86 valence electrons. The molecule has 1 saturated heterocycles. The highest BCUT2D eigenvalue weighted by atomic mass is 16.6. The molecule has 0 aliphatic carbocycles. The summed E-state index contributed by atoms with van der Waals surface area (Å²) in [5.41, 5.74) is -0.429. The Balaban J connectivity index is 2.91. The van der Waals surface area contributed by atoms with Crippen molar-refractivity contribution < 1.29 is 19.1 Å². The molecule has 1 aliphatic heterocycles. The van der Waals surface area contributed by atoms with Crippen molar-refractivity contribution in [3.63, 3.8) is 0 Å². The Kier molecular flexibility index (Phi) is 3.06. The van der Waals surface area contributed by atoms with Crippen LogP contribution < -0.4 is 0 Å². The Labute approximate surface area is 88.7 Å². The number of ether oxygens (including phenoxy) is 2. The molecule has 0 atom stereocenters. The molecule has 0 N–H and O–H groups in total. The highest BCUT2D eigenvalue weighted by Gasteiger charge is 2.45. The maximum absolute atomic E-state index is 11.5. The lowest BCUT2D eigenvalue weighted by molar-refractivity contribution is -0.0178. The molecule has 0 aromatic heterocycles. The number of hydrogen-bond donors (Lipinski definition) is 0. The van der Waals surface area contributed by atoms with Gasteiger partial charge < -0.3 is 9.47 Å². The predicted molar refractivity (Wildman–Crippen MR) is 52.1 cm³/mol. The Morgan fingerprint density at radius 3 is 2.13 bits per heavy atom. The Morgan fingerprint density at radius 1 is 1.13 bits per heavy atom. The standard InChI is InChI=1S/C9H16N2O4/c1-9(2)5-6-10(7(12)14-3)11(9)8(13)15-4/h5-6H2,1-4H3. The molecule has 0 spiro atoms. The minimum absolute atomic E-state index is 0.429. The van der Waals surface area contributed by atoms with Crippen molar-refractivity contribution in [2.24, 2.45) is 0 Å². The van der Waals surface area contributed by atoms with Gasteiger partial charge in [0, 0.05) is 6.54 Å². The molecule has 1 fully saturated rings. The van der Waals surface area contributed by atoms with E-state index in [0.29, 0.717) is 13.0 Å². The lowest BCUT2D eigenvalue weighted by Crippen LogP contribution is -2.52. The van der Waals surface area contributed by atoms with Crippen LogP contribution in [0, 0.1) is 0 Å². The van der Waals surface area contributed by atoms with E-state index in [4.69, 9.17) is 0 Å². The van der Waals surface area contributed by atoms with Gasteiger partial charge in [-0.15, -0.1) is 0 Å². The SMILES string of the molecule is COC(=O)N1CCC(C)(C)N1C(=O)OC. The number of amides is 2. The molecule has 6 heteroatoms. The first-order valence-corrected chi connectivity index (χ1v) is 4.67. The number of hydrogen-bond acceptors (Lipinski definition) is 4. The topological polar surface area (TPSA) is 59.1 Å². The van der Waals surface area contributed by atoms with E-state index in [1.807, 2.05) is 13.8 Å². The Hall–Kier alpha value is -1.46. The number of carbonyl (C=O) groups excluding carboxylic acids is 2. The van der Waals surface area contributed by atoms with E-state index in [1.54, 1.807) is 0 Å². The highest BCUT2D eigenvalue weighted by Crippen LogP contribution is 2.29. The van der Waals surface area contributed by atoms with Crippen LogP contribution in [-0.4, -0.2) is 48.5 Å². The summed E-state index contributed by atoms with van der Waals surface area (Å²) in [5, 5.41) is 2.55. The minimum atomic E-state index is -0.553. The predicted octanol–water partition coefficient (Wildman–Crippen LogP) is 1.22. The smallest absolute Gasteiger partial charge is 0.429 e. The molecule has 0 aromatic carbocycles. The zero-order valence-corrected chi connectivity index (χ0v) is 9.44. The number of nitrogens with zero attached hydrogens (tertiary/aromatic N) is 2. The molecule has 1 aliphatic rings. The average Bonchev–Trinajstić information content (AvgIpc) is 2.52. The maximum atomic E-state index is 11.5. The third-order valence-corrected chi connectivity index (χ3v) is 2.48. The van der Waals surface area contributed by atoms with Gasteiger partial charge in [-0.05, 0) is 20.3 Å². The number of methoxy groups -OCH3 is 2. The van der Waals surface area contributed by atoms with Crippen LogP contribution in [0.5, 0.6) is 0 Å². The molecule has 0 saturated carbocycles. The van der Waals surface area contributed by atoms with E-state index >= 15 is 0 Å². The third-order valence-electron chi connectivity index (χ3n) is 2.48. The van der Waals surface area contributed by atoms with Crippen LogP contribution in [-0.2, 0) is 9.47 Å². The first-order chi connectivity index (χ1) is 6.94. The summed E-state index contributed by atoms with van der Waals surface area (Å²) >= 11 is 0. The number of rotatable bonds is 0. The molecule has 2 amide bonds. The van der Waals surface area contributed by atoms with Crippen LogP contribution in [0.1, 0.15) is 20.3 Å². The molecular formula is C9H16N2O4. The zero-order chi connectivity index (χ0) is 11.6. The van der Waals surface area contributed by atoms with Crippen molar-refractivity contribution in [2.45, 2.75) is 25.8 Å². The van der Waals surface area contributed by atoms with Crippen LogP contribution in [0.4, 0.5) is 9.59 Å². The van der Waals surface area contributed by atoms with Gasteiger partial charge >= 0.3 is 12.2 Å². The first kappa shape index (κ1) is 11.6. The van der Waals surface area contributed by atoms with Crippen molar-refractivity contribution in [3.8, 4) is 0 Å². The van der Waals surface area contributed by atoms with E-state index in [2.05, 4.69) is 9.47 Å². The fourth-order valence-electron chi connectivity index (χ4n) is 1.62. The van der Waals surface area contributed by atoms with Gasteiger partial charge in [0.1, 0.15) is 0 Å². The molecule has 0 bridgehead atoms. The number of hydrazine groups is 1. The second kappa shape index (κ2) is 3.96. The van der Waals surface area contributed by atoms with Gasteiger partial charge in [-0.3, -0.25) is 0 Å². The largest absolute Gasteiger partial charge is 0.452 e. The van der Waals surface area contributed by atoms with E-state index in [-0.39, 0.29) is 0 Å². The molecule has 0 radical (unpaired) electrons. The summed E-state index contributed by atoms with van der Waals surface area (Å²) in [5.74, 6) is 0. The lowest BCUT2D eigenvalue weighted by atomic mass is 10.0. The maximum Gasteiger partial charge on any atom is 0.429 e. The molecular weight excluding hydrogens is 200 g/mol. The minimum Gasteiger partial charge on any atom is -0.452 e. The zero-order valence-electron chi connectivity index (χ0n) is 9.44. The van der Waals surface area contributed by atoms with Gasteiger partial charge in [0.2, 0.25) is 0 Å². The van der Waals surface area contributed by atoms with Gasteiger partial charge in [0.05, 0.1) is 19.8 Å². The van der Waals surface area contributed by atoms with Gasteiger partial charge in [-0.2, -0.15) is 0 Å². The molecule has 1 rings (SSSR count). The van der Waals surface area contributed by atoms with Crippen molar-refractivity contribution in [2.75, 3.05) is 20.8 Å². The van der Waals surface area contributed by atoms with Crippen molar-refractivity contribution in [3.05, 3.63) is 0 Å². The van der Waals surface area contributed by atoms with E-state index in [1.165, 1.54) is 24.2 Å². The highest BCUT2D eigenvalue weighted by molar-refractivity contribution is 5.75. The van der Waals surface area contributed by atoms with Crippen LogP contribution >= 0.6 is 0 Å². The second-order valence-electron chi connectivity index (χ2n) is 3.94. The van der Waals surface area contributed by atoms with Gasteiger partial charge in [0.15, 0.2) is 0 Å². The molecule has 15 heavy (non-hydrogen) atoms. The summed E-state index contributed by atoms with van der Waals surface area (Å²) in [6.45, 7) is 4.19. The monoisotopic (exact) mass is 216 g/mol. The Bertz CT molecular complexity index is 277. The fraction of sp³-hybridized carbons (Fsp3) is 0.778. The lowest BCUT2D eigenvalue weighted by Gasteiger charge is -2.34. The van der Waals surface area contributed by atoms with Crippen molar-refractivity contribution >= 4 is 12.2 Å². The second-order valence-corrected chi connectivity index (χ2v) is 3.94. The van der Waals surface area contributed by atoms with Crippen molar-refractivity contribution in [1.29, 1.82) is 0 Å². The Morgan fingerprint density at radius 2 is 1.67 bits per heavy atom. The summed E-state index contributed by atoms with van der Waals surface area (Å²) < 4.78 is 9.22. The first-order valence-electron chi connectivity index (χ1n) is 4.67. The fourth-order valence-corrected chi connectivity index (χ4v) is 1.62. The summed E-state index contributed by atoms with van der Waals surface area (Å²) in [4.78, 5) is 22.9. The van der Waals surface area contributed by atoms with Gasteiger partial charge in [-0.1, -0.05) is 0 Å². The van der Waals surface area contributed by atoms with Crippen molar-refractivity contribution in [1.82, 2.24) is 10.0 Å². The van der Waals surface area contributed by atoms with Gasteiger partial charge in [0.25, 0.3) is 0 Å². The van der Waals surface area contributed by atoms with Crippen LogP contribution in [0.3, 0.4) is 0 Å². The van der Waals surface area contributed by atoms with Crippen LogP contribution in [0.15, 0.2) is 0 Å². The molecule has 1 heterocycles. The summed E-state index contributed by atoms with van der Waals surface area (Å²) in [7, 11) is 2.56. The number of carbonyl (C=O) groups is 2. The van der Waals surface area contributed by atoms with E-state index in [9.17, 15) is 9.59 Å². The van der Waals surface area contributed by atoms with Crippen LogP contribution in [0.25, 0.3) is 0 Å². The normalized spacial score (nSPS) is 18.9. The quantitative estimate of drug-likeness (QED) is 0.611. The molecule has 0 unspecified atom stereocenters. The molecule has 6 nitrogen and oxygen atoms in total.